The number of ether oxygens (including phenoxy) is 1. The summed E-state index contributed by atoms with van der Waals surface area (Å²) in [6.07, 6.45) is 0. The fraction of sp³-hybridized carbons (Fsp3) is 0.174. The Morgan fingerprint density at radius 1 is 0.968 bits per heavy atom. The third-order valence-corrected chi connectivity index (χ3v) is 6.51. The van der Waals surface area contributed by atoms with Crippen LogP contribution in [0, 0.1) is 0 Å². The van der Waals surface area contributed by atoms with Crippen molar-refractivity contribution in [3.63, 3.8) is 0 Å². The Morgan fingerprint density at radius 3 is 2.26 bits per heavy atom. The van der Waals surface area contributed by atoms with Crippen LogP contribution < -0.4 is 14.8 Å². The van der Waals surface area contributed by atoms with E-state index in [1.807, 2.05) is 61.5 Å². The molecule has 0 radical (unpaired) electrons. The number of hydrogen-bond acceptors (Lipinski definition) is 4. The summed E-state index contributed by atoms with van der Waals surface area (Å²) in [6.45, 7) is 1.93. The summed E-state index contributed by atoms with van der Waals surface area (Å²) in [5, 5.41) is 2.87. The molecule has 3 aromatic rings. The van der Waals surface area contributed by atoms with Gasteiger partial charge in [-0.25, -0.2) is 13.1 Å². The molecule has 0 fully saturated rings. The van der Waals surface area contributed by atoms with E-state index in [9.17, 15) is 13.2 Å². The van der Waals surface area contributed by atoms with Gasteiger partial charge in [0.2, 0.25) is 10.0 Å². The molecule has 0 bridgehead atoms. The van der Waals surface area contributed by atoms with E-state index in [-0.39, 0.29) is 30.0 Å². The maximum atomic E-state index is 12.4. The maximum Gasteiger partial charge on any atom is 0.258 e. The monoisotopic (exact) mass is 502 g/mol. The van der Waals surface area contributed by atoms with Crippen LogP contribution in [0.15, 0.2) is 88.2 Å². The number of carbonyl (C=O) groups is 1. The predicted octanol–water partition coefficient (Wildman–Crippen LogP) is 4.18. The molecule has 0 saturated carbocycles. The molecule has 0 saturated heterocycles. The van der Waals surface area contributed by atoms with Crippen molar-refractivity contribution >= 4 is 31.9 Å². The van der Waals surface area contributed by atoms with Crippen molar-refractivity contribution < 1.29 is 17.9 Å². The van der Waals surface area contributed by atoms with Gasteiger partial charge in [-0.15, -0.1) is 0 Å². The minimum absolute atomic E-state index is 0.129. The van der Waals surface area contributed by atoms with Crippen molar-refractivity contribution in [1.82, 2.24) is 10.0 Å². The zero-order valence-corrected chi connectivity index (χ0v) is 19.3. The quantitative estimate of drug-likeness (QED) is 0.459. The SMILES string of the molecule is C[C@H](NC(=O)COc1ccc(S(=O)(=O)NCc2ccccc2)cc1)c1ccc(Br)cc1. The van der Waals surface area contributed by atoms with Gasteiger partial charge in [0.25, 0.3) is 5.91 Å². The first-order chi connectivity index (χ1) is 14.8. The Balaban J connectivity index is 1.50. The topological polar surface area (TPSA) is 84.5 Å². The summed E-state index contributed by atoms with van der Waals surface area (Å²) >= 11 is 3.38. The average molecular weight is 503 g/mol. The summed E-state index contributed by atoms with van der Waals surface area (Å²) in [5.41, 5.74) is 1.85. The molecule has 3 aromatic carbocycles. The third kappa shape index (κ3) is 6.92. The van der Waals surface area contributed by atoms with Gasteiger partial charge >= 0.3 is 0 Å². The fourth-order valence-electron chi connectivity index (χ4n) is 2.84. The lowest BCUT2D eigenvalue weighted by atomic mass is 10.1. The molecular formula is C23H23BrN2O4S. The molecule has 31 heavy (non-hydrogen) atoms. The van der Waals surface area contributed by atoms with E-state index in [1.165, 1.54) is 24.3 Å². The van der Waals surface area contributed by atoms with E-state index >= 15 is 0 Å². The first-order valence-corrected chi connectivity index (χ1v) is 11.9. The molecule has 0 aromatic heterocycles. The smallest absolute Gasteiger partial charge is 0.258 e. The number of rotatable bonds is 9. The van der Waals surface area contributed by atoms with Gasteiger partial charge in [0, 0.05) is 11.0 Å². The van der Waals surface area contributed by atoms with Crippen LogP contribution in [0.25, 0.3) is 0 Å². The van der Waals surface area contributed by atoms with E-state index in [2.05, 4.69) is 26.0 Å². The van der Waals surface area contributed by atoms with Gasteiger partial charge < -0.3 is 10.1 Å². The van der Waals surface area contributed by atoms with Crippen molar-refractivity contribution in [1.29, 1.82) is 0 Å². The number of hydrogen-bond donors (Lipinski definition) is 2. The van der Waals surface area contributed by atoms with Gasteiger partial charge in [-0.1, -0.05) is 58.4 Å². The van der Waals surface area contributed by atoms with Crippen LogP contribution in [-0.2, 0) is 21.4 Å². The average Bonchev–Trinajstić information content (AvgIpc) is 2.78. The number of nitrogens with one attached hydrogen (secondary N) is 2. The molecular weight excluding hydrogens is 480 g/mol. The molecule has 0 aliphatic rings. The highest BCUT2D eigenvalue weighted by atomic mass is 79.9. The zero-order valence-electron chi connectivity index (χ0n) is 16.9. The van der Waals surface area contributed by atoms with Crippen molar-refractivity contribution in [3.05, 3.63) is 94.5 Å². The molecule has 1 amide bonds. The second-order valence-corrected chi connectivity index (χ2v) is 9.59. The van der Waals surface area contributed by atoms with Crippen LogP contribution in [0.3, 0.4) is 0 Å². The zero-order chi connectivity index (χ0) is 22.3. The molecule has 0 aliphatic heterocycles. The molecule has 0 spiro atoms. The summed E-state index contributed by atoms with van der Waals surface area (Å²) in [7, 11) is -3.64. The van der Waals surface area contributed by atoms with Gasteiger partial charge in [-0.2, -0.15) is 0 Å². The first kappa shape index (κ1) is 23.0. The number of carbonyl (C=O) groups excluding carboxylic acids is 1. The molecule has 8 heteroatoms. The van der Waals surface area contributed by atoms with E-state index < -0.39 is 10.0 Å². The van der Waals surface area contributed by atoms with Crippen LogP contribution in [-0.4, -0.2) is 20.9 Å². The Labute approximate surface area is 190 Å². The lowest BCUT2D eigenvalue weighted by Gasteiger charge is -2.15. The molecule has 3 rings (SSSR count). The van der Waals surface area contributed by atoms with Crippen LogP contribution in [0.1, 0.15) is 24.1 Å². The number of benzene rings is 3. The first-order valence-electron chi connectivity index (χ1n) is 9.65. The van der Waals surface area contributed by atoms with E-state index in [1.54, 1.807) is 0 Å². The lowest BCUT2D eigenvalue weighted by molar-refractivity contribution is -0.123. The van der Waals surface area contributed by atoms with E-state index in [0.29, 0.717) is 5.75 Å². The van der Waals surface area contributed by atoms with Crippen molar-refractivity contribution in [3.8, 4) is 5.75 Å². The van der Waals surface area contributed by atoms with Crippen LogP contribution in [0.4, 0.5) is 0 Å². The number of sulfonamides is 1. The normalized spacial score (nSPS) is 12.2. The molecule has 0 unspecified atom stereocenters. The Hall–Kier alpha value is -2.68. The van der Waals surface area contributed by atoms with Gasteiger partial charge in [-0.05, 0) is 54.4 Å². The summed E-state index contributed by atoms with van der Waals surface area (Å²) < 4.78 is 33.9. The van der Waals surface area contributed by atoms with E-state index in [0.717, 1.165) is 15.6 Å². The van der Waals surface area contributed by atoms with Gasteiger partial charge in [0.05, 0.1) is 10.9 Å². The second kappa shape index (κ2) is 10.6. The molecule has 6 nitrogen and oxygen atoms in total. The summed E-state index contributed by atoms with van der Waals surface area (Å²) in [4.78, 5) is 12.3. The Bertz CT molecular complexity index is 1100. The maximum absolute atomic E-state index is 12.4. The van der Waals surface area contributed by atoms with Gasteiger partial charge in [-0.3, -0.25) is 4.79 Å². The summed E-state index contributed by atoms with van der Waals surface area (Å²) in [5.74, 6) is 0.144. The molecule has 0 heterocycles. The van der Waals surface area contributed by atoms with Crippen LogP contribution in [0.2, 0.25) is 0 Å². The van der Waals surface area contributed by atoms with Gasteiger partial charge in [0.15, 0.2) is 6.61 Å². The fourth-order valence-corrected chi connectivity index (χ4v) is 4.12. The summed E-state index contributed by atoms with van der Waals surface area (Å²) in [6, 6.07) is 22.8. The van der Waals surface area contributed by atoms with Gasteiger partial charge in [0.1, 0.15) is 5.75 Å². The predicted molar refractivity (Wildman–Crippen MR) is 123 cm³/mol. The van der Waals surface area contributed by atoms with E-state index in [4.69, 9.17) is 4.74 Å². The van der Waals surface area contributed by atoms with Crippen molar-refractivity contribution in [2.75, 3.05) is 6.61 Å². The molecule has 0 aliphatic carbocycles. The molecule has 1 atom stereocenters. The minimum Gasteiger partial charge on any atom is -0.484 e. The highest BCUT2D eigenvalue weighted by Gasteiger charge is 2.14. The van der Waals surface area contributed by atoms with Crippen molar-refractivity contribution in [2.24, 2.45) is 0 Å². The lowest BCUT2D eigenvalue weighted by Crippen LogP contribution is -2.31. The largest absolute Gasteiger partial charge is 0.484 e. The number of amides is 1. The number of halogens is 1. The highest BCUT2D eigenvalue weighted by molar-refractivity contribution is 9.10. The minimum atomic E-state index is -3.64. The molecule has 2 N–H and O–H groups in total. The standard InChI is InChI=1S/C23H23BrN2O4S/c1-17(19-7-9-20(24)10-8-19)26-23(27)16-30-21-11-13-22(14-12-21)31(28,29)25-15-18-5-3-2-4-6-18/h2-14,17,25H,15-16H2,1H3,(H,26,27)/t17-/m0/s1. The van der Waals surface area contributed by atoms with Crippen molar-refractivity contribution in [2.45, 2.75) is 24.4 Å². The third-order valence-electron chi connectivity index (χ3n) is 4.56. The second-order valence-electron chi connectivity index (χ2n) is 6.91. The van der Waals surface area contributed by atoms with Crippen LogP contribution in [0.5, 0.6) is 5.75 Å². The Kier molecular flexibility index (Phi) is 7.84. The van der Waals surface area contributed by atoms with Crippen LogP contribution >= 0.6 is 15.9 Å². The Morgan fingerprint density at radius 2 is 1.61 bits per heavy atom. The highest BCUT2D eigenvalue weighted by Crippen LogP contribution is 2.18. The molecule has 162 valence electrons.